The third kappa shape index (κ3) is 4.73. The van der Waals surface area contributed by atoms with E-state index in [-0.39, 0.29) is 18.2 Å². The molecule has 0 saturated heterocycles. The van der Waals surface area contributed by atoms with Gasteiger partial charge in [0.2, 0.25) is 5.91 Å². The maximum Gasteiger partial charge on any atom is 0.255 e. The van der Waals surface area contributed by atoms with Crippen LogP contribution in [0, 0.1) is 19.8 Å². The molecule has 1 aromatic heterocycles. The summed E-state index contributed by atoms with van der Waals surface area (Å²) >= 11 is 0. The summed E-state index contributed by atoms with van der Waals surface area (Å²) in [5.74, 6) is 0.185. The molecule has 0 aromatic carbocycles. The van der Waals surface area contributed by atoms with Gasteiger partial charge in [0.05, 0.1) is 11.3 Å². The Bertz CT molecular complexity index is 432. The monoisotopic (exact) mass is 266 g/mol. The van der Waals surface area contributed by atoms with Crippen molar-refractivity contribution < 1.29 is 9.59 Å². The van der Waals surface area contributed by atoms with E-state index in [4.69, 9.17) is 0 Å². The Morgan fingerprint density at radius 3 is 2.47 bits per heavy atom. The van der Waals surface area contributed by atoms with Crippen LogP contribution in [-0.2, 0) is 4.79 Å². The van der Waals surface area contributed by atoms with Gasteiger partial charge >= 0.3 is 0 Å². The van der Waals surface area contributed by atoms with Gasteiger partial charge in [0, 0.05) is 25.2 Å². The first-order valence-corrected chi connectivity index (χ1v) is 6.48. The molecule has 0 unspecified atom stereocenters. The van der Waals surface area contributed by atoms with E-state index in [0.29, 0.717) is 30.3 Å². The number of hydrogen-bond acceptors (Lipinski definition) is 3. The molecule has 0 aliphatic rings. The summed E-state index contributed by atoms with van der Waals surface area (Å²) in [6.45, 7) is 8.62. The minimum absolute atomic E-state index is 0.0466. The van der Waals surface area contributed by atoms with Crippen molar-refractivity contribution in [3.05, 3.63) is 17.0 Å². The number of rotatable bonds is 6. The molecule has 2 amide bonds. The highest BCUT2D eigenvalue weighted by Gasteiger charge is 2.14. The third-order valence-electron chi connectivity index (χ3n) is 2.70. The van der Waals surface area contributed by atoms with Crippen LogP contribution in [0.15, 0.2) is 0 Å². The highest BCUT2D eigenvalue weighted by atomic mass is 16.2. The summed E-state index contributed by atoms with van der Waals surface area (Å²) < 4.78 is 0. The number of H-pyrrole nitrogens is 1. The largest absolute Gasteiger partial charge is 0.356 e. The van der Waals surface area contributed by atoms with E-state index < -0.39 is 0 Å². The molecule has 0 atom stereocenters. The number of aromatic amines is 1. The average molecular weight is 266 g/mol. The molecular formula is C13H22N4O2. The highest BCUT2D eigenvalue weighted by Crippen LogP contribution is 2.08. The summed E-state index contributed by atoms with van der Waals surface area (Å²) in [6, 6.07) is 0. The average Bonchev–Trinajstić information content (AvgIpc) is 2.66. The van der Waals surface area contributed by atoms with Crippen LogP contribution in [0.4, 0.5) is 0 Å². The molecule has 0 fully saturated rings. The molecule has 19 heavy (non-hydrogen) atoms. The minimum Gasteiger partial charge on any atom is -0.356 e. The fourth-order valence-electron chi connectivity index (χ4n) is 1.67. The lowest BCUT2D eigenvalue weighted by atomic mass is 10.2. The van der Waals surface area contributed by atoms with Crippen LogP contribution in [0.1, 0.15) is 42.0 Å². The number of amides is 2. The number of nitrogens with zero attached hydrogens (tertiary/aromatic N) is 1. The van der Waals surface area contributed by atoms with Crippen molar-refractivity contribution in [3.8, 4) is 0 Å². The first kappa shape index (κ1) is 15.2. The zero-order valence-electron chi connectivity index (χ0n) is 12.0. The van der Waals surface area contributed by atoms with Gasteiger partial charge in [0.15, 0.2) is 0 Å². The molecule has 1 heterocycles. The third-order valence-corrected chi connectivity index (χ3v) is 2.70. The molecule has 6 heteroatoms. The van der Waals surface area contributed by atoms with E-state index >= 15 is 0 Å². The number of hydrogen-bond donors (Lipinski definition) is 3. The summed E-state index contributed by atoms with van der Waals surface area (Å²) in [4.78, 5) is 23.4. The van der Waals surface area contributed by atoms with Gasteiger partial charge in [0.25, 0.3) is 5.91 Å². The normalized spacial score (nSPS) is 10.6. The van der Waals surface area contributed by atoms with Gasteiger partial charge in [-0.25, -0.2) is 0 Å². The number of carbonyl (C=O) groups is 2. The van der Waals surface area contributed by atoms with Crippen molar-refractivity contribution in [2.75, 3.05) is 13.1 Å². The van der Waals surface area contributed by atoms with Gasteiger partial charge in [-0.1, -0.05) is 13.8 Å². The predicted octanol–water partition coefficient (Wildman–Crippen LogP) is 0.919. The molecule has 0 aliphatic heterocycles. The Balaban J connectivity index is 2.34. The summed E-state index contributed by atoms with van der Waals surface area (Å²) in [7, 11) is 0. The Labute approximate surface area is 113 Å². The number of aryl methyl sites for hydroxylation is 2. The van der Waals surface area contributed by atoms with Crippen LogP contribution in [0.5, 0.6) is 0 Å². The summed E-state index contributed by atoms with van der Waals surface area (Å²) in [5.41, 5.74) is 1.96. The van der Waals surface area contributed by atoms with Gasteiger partial charge in [-0.3, -0.25) is 14.7 Å². The standard InChI is InChI=1S/C13H22N4O2/c1-8(2)7-15-11(18)5-6-14-13(19)12-9(3)16-17-10(12)4/h8H,5-7H2,1-4H3,(H,14,19)(H,15,18)(H,16,17). The van der Waals surface area contributed by atoms with Crippen LogP contribution in [0.2, 0.25) is 0 Å². The van der Waals surface area contributed by atoms with E-state index in [1.807, 2.05) is 13.8 Å². The van der Waals surface area contributed by atoms with Crippen molar-refractivity contribution in [2.24, 2.45) is 5.92 Å². The van der Waals surface area contributed by atoms with Crippen LogP contribution >= 0.6 is 0 Å². The first-order chi connectivity index (χ1) is 8.91. The van der Waals surface area contributed by atoms with E-state index in [1.54, 1.807) is 13.8 Å². The van der Waals surface area contributed by atoms with Crippen molar-refractivity contribution in [3.63, 3.8) is 0 Å². The van der Waals surface area contributed by atoms with Gasteiger partial charge in [-0.05, 0) is 19.8 Å². The van der Waals surface area contributed by atoms with Crippen molar-refractivity contribution in [1.82, 2.24) is 20.8 Å². The quantitative estimate of drug-likeness (QED) is 0.715. The molecule has 0 bridgehead atoms. The van der Waals surface area contributed by atoms with Crippen molar-refractivity contribution in [2.45, 2.75) is 34.1 Å². The minimum atomic E-state index is -0.194. The zero-order valence-corrected chi connectivity index (χ0v) is 12.0. The summed E-state index contributed by atoms with van der Waals surface area (Å²) in [5, 5.41) is 12.3. The van der Waals surface area contributed by atoms with E-state index in [2.05, 4.69) is 20.8 Å². The Hall–Kier alpha value is -1.85. The van der Waals surface area contributed by atoms with Crippen LogP contribution in [-0.4, -0.2) is 35.1 Å². The number of nitrogens with one attached hydrogen (secondary N) is 3. The molecule has 1 aromatic rings. The topological polar surface area (TPSA) is 86.9 Å². The fraction of sp³-hybridized carbons (Fsp3) is 0.615. The zero-order chi connectivity index (χ0) is 14.4. The van der Waals surface area contributed by atoms with Crippen LogP contribution < -0.4 is 10.6 Å². The number of carbonyl (C=O) groups excluding carboxylic acids is 2. The van der Waals surface area contributed by atoms with Crippen molar-refractivity contribution >= 4 is 11.8 Å². The Morgan fingerprint density at radius 2 is 1.95 bits per heavy atom. The molecule has 6 nitrogen and oxygen atoms in total. The second-order valence-corrected chi connectivity index (χ2v) is 5.01. The predicted molar refractivity (Wildman–Crippen MR) is 72.9 cm³/mol. The number of aromatic nitrogens is 2. The maximum atomic E-state index is 11.9. The Morgan fingerprint density at radius 1 is 1.26 bits per heavy atom. The maximum absolute atomic E-state index is 11.9. The van der Waals surface area contributed by atoms with Crippen LogP contribution in [0.3, 0.4) is 0 Å². The van der Waals surface area contributed by atoms with Gasteiger partial charge in [0.1, 0.15) is 0 Å². The fourth-order valence-corrected chi connectivity index (χ4v) is 1.67. The lowest BCUT2D eigenvalue weighted by Gasteiger charge is -2.08. The molecule has 0 saturated carbocycles. The molecule has 0 radical (unpaired) electrons. The smallest absolute Gasteiger partial charge is 0.255 e. The molecule has 3 N–H and O–H groups in total. The van der Waals surface area contributed by atoms with Gasteiger partial charge in [-0.15, -0.1) is 0 Å². The first-order valence-electron chi connectivity index (χ1n) is 6.48. The molecule has 1 rings (SSSR count). The Kier molecular flexibility index (Phi) is 5.54. The second kappa shape index (κ2) is 6.92. The lowest BCUT2D eigenvalue weighted by molar-refractivity contribution is -0.121. The summed E-state index contributed by atoms with van der Waals surface area (Å²) in [6.07, 6.45) is 0.286. The van der Waals surface area contributed by atoms with E-state index in [0.717, 1.165) is 5.69 Å². The van der Waals surface area contributed by atoms with Crippen LogP contribution in [0.25, 0.3) is 0 Å². The second-order valence-electron chi connectivity index (χ2n) is 5.01. The van der Waals surface area contributed by atoms with Gasteiger partial charge in [-0.2, -0.15) is 5.10 Å². The SMILES string of the molecule is Cc1n[nH]c(C)c1C(=O)NCCC(=O)NCC(C)C. The molecule has 0 aliphatic carbocycles. The van der Waals surface area contributed by atoms with E-state index in [9.17, 15) is 9.59 Å². The molecular weight excluding hydrogens is 244 g/mol. The van der Waals surface area contributed by atoms with Gasteiger partial charge < -0.3 is 10.6 Å². The molecule has 106 valence electrons. The van der Waals surface area contributed by atoms with E-state index in [1.165, 1.54) is 0 Å². The molecule has 0 spiro atoms. The highest BCUT2D eigenvalue weighted by molar-refractivity contribution is 5.96. The van der Waals surface area contributed by atoms with Crippen molar-refractivity contribution in [1.29, 1.82) is 0 Å². The lowest BCUT2D eigenvalue weighted by Crippen LogP contribution is -2.32.